The molecule has 0 heterocycles. The zero-order chi connectivity index (χ0) is 15.9. The summed E-state index contributed by atoms with van der Waals surface area (Å²) in [5.74, 6) is 0. The summed E-state index contributed by atoms with van der Waals surface area (Å²) in [7, 11) is 0. The molecule has 0 atom stereocenters. The van der Waals surface area contributed by atoms with E-state index in [1.54, 1.807) is 9.77 Å². The van der Waals surface area contributed by atoms with Gasteiger partial charge in [0, 0.05) is 0 Å². The predicted molar refractivity (Wildman–Crippen MR) is 90.6 cm³/mol. The number of hydrogen-bond donors (Lipinski definition) is 2. The monoisotopic (exact) mass is 448 g/mol. The first-order chi connectivity index (χ1) is 10.7. The summed E-state index contributed by atoms with van der Waals surface area (Å²) in [6.07, 6.45) is 15.2. The van der Waals surface area contributed by atoms with Gasteiger partial charge in [-0.1, -0.05) is 0 Å². The van der Waals surface area contributed by atoms with E-state index in [2.05, 4.69) is 38.2 Å². The molecule has 0 aliphatic heterocycles. The van der Waals surface area contributed by atoms with E-state index in [-0.39, 0.29) is 38.0 Å². The van der Waals surface area contributed by atoms with Crippen LogP contribution in [-0.4, -0.2) is 26.6 Å². The topological polar surface area (TPSA) is 40.5 Å². The Kier molecular flexibility index (Phi) is 12.7. The van der Waals surface area contributed by atoms with Crippen molar-refractivity contribution in [3.8, 4) is 0 Å². The fourth-order valence-electron chi connectivity index (χ4n) is 3.42. The molecule has 2 nitrogen and oxygen atoms in total. The third kappa shape index (κ3) is 6.18. The van der Waals surface area contributed by atoms with Crippen LogP contribution in [0.5, 0.6) is 0 Å². The summed E-state index contributed by atoms with van der Waals surface area (Å²) in [5.41, 5.74) is 3.01. The van der Waals surface area contributed by atoms with Gasteiger partial charge in [0.15, 0.2) is 0 Å². The molecule has 134 valence electrons. The minimum atomic E-state index is -1.91. The SMILES string of the molecule is C[C](C)=[Zr+2]([C]1=C(CCCO)C=CC1)[C]1=C(CCCO)C=CC1.[Cl-].[Cl-]. The van der Waals surface area contributed by atoms with Gasteiger partial charge in [-0.25, -0.2) is 0 Å². The van der Waals surface area contributed by atoms with Crippen molar-refractivity contribution in [3.05, 3.63) is 42.0 Å². The van der Waals surface area contributed by atoms with Crippen molar-refractivity contribution in [1.29, 1.82) is 0 Å². The Morgan fingerprint density at radius 1 is 0.875 bits per heavy atom. The Morgan fingerprint density at radius 3 is 1.62 bits per heavy atom. The molecule has 5 heteroatoms. The number of aliphatic hydroxyl groups is 2. The summed E-state index contributed by atoms with van der Waals surface area (Å²) in [6.45, 7) is 5.20. The molecule has 0 spiro atoms. The van der Waals surface area contributed by atoms with Gasteiger partial charge in [-0.15, -0.1) is 0 Å². The largest absolute Gasteiger partial charge is 1.00 e. The maximum Gasteiger partial charge on any atom is -1.00 e. The molecule has 0 amide bonds. The van der Waals surface area contributed by atoms with Crippen LogP contribution in [0.3, 0.4) is 0 Å². The molecule has 0 unspecified atom stereocenters. The minimum Gasteiger partial charge on any atom is -1.00 e. The second kappa shape index (κ2) is 12.5. The van der Waals surface area contributed by atoms with Crippen LogP contribution in [0, 0.1) is 0 Å². The van der Waals surface area contributed by atoms with Crippen LogP contribution in [0.15, 0.2) is 42.0 Å². The first-order valence-electron chi connectivity index (χ1n) is 8.36. The van der Waals surface area contributed by atoms with E-state index in [1.165, 1.54) is 11.1 Å². The number of hydrogen-bond acceptors (Lipinski definition) is 2. The fourth-order valence-corrected chi connectivity index (χ4v) is 11.5. The van der Waals surface area contributed by atoms with E-state index in [4.69, 9.17) is 10.2 Å². The van der Waals surface area contributed by atoms with Gasteiger partial charge in [-0.2, -0.15) is 0 Å². The Bertz CT molecular complexity index is 524. The van der Waals surface area contributed by atoms with E-state index < -0.39 is 21.3 Å². The van der Waals surface area contributed by atoms with Crippen molar-refractivity contribution in [2.75, 3.05) is 13.2 Å². The predicted octanol–water partition coefficient (Wildman–Crippen LogP) is -2.20. The van der Waals surface area contributed by atoms with Gasteiger partial charge in [-0.3, -0.25) is 0 Å². The zero-order valence-corrected chi connectivity index (χ0v) is 18.6. The van der Waals surface area contributed by atoms with Crippen molar-refractivity contribution in [2.24, 2.45) is 0 Å². The third-order valence-corrected chi connectivity index (χ3v) is 12.4. The number of allylic oxidation sites excluding steroid dienone is 8. The van der Waals surface area contributed by atoms with Crippen molar-refractivity contribution in [2.45, 2.75) is 52.4 Å². The average molecular weight is 451 g/mol. The van der Waals surface area contributed by atoms with Crippen LogP contribution in [0.25, 0.3) is 0 Å². The van der Waals surface area contributed by atoms with E-state index in [0.29, 0.717) is 0 Å². The summed E-state index contributed by atoms with van der Waals surface area (Å²) in [6, 6.07) is 0. The number of aliphatic hydroxyl groups excluding tert-OH is 2. The Labute approximate surface area is 166 Å². The van der Waals surface area contributed by atoms with Crippen molar-refractivity contribution in [1.82, 2.24) is 0 Å². The Balaban J connectivity index is 0.00000264. The van der Waals surface area contributed by atoms with E-state index in [9.17, 15) is 0 Å². The van der Waals surface area contributed by atoms with Crippen LogP contribution < -0.4 is 24.8 Å². The molecule has 0 aromatic rings. The van der Waals surface area contributed by atoms with E-state index >= 15 is 0 Å². The molecule has 0 saturated heterocycles. The molecule has 2 aliphatic rings. The average Bonchev–Trinajstić information content (AvgIpc) is 3.13. The van der Waals surface area contributed by atoms with Crippen LogP contribution in [0.1, 0.15) is 52.4 Å². The molecule has 2 N–H and O–H groups in total. The second-order valence-corrected chi connectivity index (χ2v) is 13.5. The van der Waals surface area contributed by atoms with Crippen LogP contribution in [0.2, 0.25) is 0 Å². The van der Waals surface area contributed by atoms with Crippen molar-refractivity contribution < 1.29 is 56.3 Å². The van der Waals surface area contributed by atoms with Gasteiger partial charge in [0.25, 0.3) is 0 Å². The van der Waals surface area contributed by atoms with Crippen molar-refractivity contribution in [3.63, 3.8) is 0 Å². The third-order valence-electron chi connectivity index (χ3n) is 4.37. The summed E-state index contributed by atoms with van der Waals surface area (Å²) in [5, 5.41) is 18.3. The second-order valence-electron chi connectivity index (χ2n) is 6.25. The smallest absolute Gasteiger partial charge is 1.00 e. The molecule has 24 heavy (non-hydrogen) atoms. The Hall–Kier alpha value is 0.213. The Morgan fingerprint density at radius 2 is 1.29 bits per heavy atom. The summed E-state index contributed by atoms with van der Waals surface area (Å²) < 4.78 is 5.08. The van der Waals surface area contributed by atoms with Crippen molar-refractivity contribution >= 4 is 3.21 Å². The first-order valence-corrected chi connectivity index (χ1v) is 12.0. The number of halogens is 2. The minimum absolute atomic E-state index is 0. The molecular formula is C19H28Cl2O2Zr. The maximum atomic E-state index is 9.13. The normalized spacial score (nSPS) is 15.3. The van der Waals surface area contributed by atoms with E-state index in [1.807, 2.05) is 0 Å². The molecule has 0 aromatic heterocycles. The quantitative estimate of drug-likeness (QED) is 0.441. The van der Waals surface area contributed by atoms with Gasteiger partial charge in [-0.05, 0) is 0 Å². The van der Waals surface area contributed by atoms with Crippen LogP contribution in [-0.2, 0) is 21.3 Å². The molecule has 2 rings (SSSR count). The number of rotatable bonds is 8. The van der Waals surface area contributed by atoms with Gasteiger partial charge < -0.3 is 24.8 Å². The van der Waals surface area contributed by atoms with Gasteiger partial charge in [0.2, 0.25) is 0 Å². The summed E-state index contributed by atoms with van der Waals surface area (Å²) in [4.78, 5) is 0. The first kappa shape index (κ1) is 24.2. The van der Waals surface area contributed by atoms with Crippen LogP contribution in [0.4, 0.5) is 0 Å². The maximum absolute atomic E-state index is 9.13. The van der Waals surface area contributed by atoms with Gasteiger partial charge in [0.1, 0.15) is 0 Å². The molecule has 0 fully saturated rings. The van der Waals surface area contributed by atoms with E-state index in [0.717, 1.165) is 38.5 Å². The molecular weight excluding hydrogens is 422 g/mol. The fraction of sp³-hybridized carbons (Fsp3) is 0.526. The summed E-state index contributed by atoms with van der Waals surface area (Å²) >= 11 is -1.91. The van der Waals surface area contributed by atoms with Crippen LogP contribution >= 0.6 is 0 Å². The standard InChI is InChI=1S/2C8H11O.C3H6.2ClH.Zr/c2*9-7-3-6-8-4-1-2-5-8;1-3-2;;;/h2*1,4,9H,2-3,6-7H2;1-2H3;2*1H;/q;;;;;+2/p-2. The molecule has 0 bridgehead atoms. The van der Waals surface area contributed by atoms with Gasteiger partial charge >= 0.3 is 142 Å². The molecule has 2 aliphatic carbocycles. The molecule has 0 saturated carbocycles. The zero-order valence-electron chi connectivity index (χ0n) is 14.6. The molecule has 0 radical (unpaired) electrons. The van der Waals surface area contributed by atoms with Gasteiger partial charge in [0.05, 0.1) is 0 Å². The molecule has 0 aromatic carbocycles.